The van der Waals surface area contributed by atoms with Crippen LogP contribution in [0, 0.1) is 5.92 Å². The number of phenols is 1. The van der Waals surface area contributed by atoms with Crippen molar-refractivity contribution in [3.63, 3.8) is 0 Å². The average molecular weight is 463 g/mol. The number of benzene rings is 1. The number of nitrogens with one attached hydrogen (secondary N) is 4. The number of carbonyl (C=O) groups excluding carboxylic acids is 3. The number of aliphatic carboxylic acids is 1. The average Bonchev–Trinajstić information content (AvgIpc) is 3.28. The minimum Gasteiger partial charge on any atom is -0.508 e. The van der Waals surface area contributed by atoms with Gasteiger partial charge in [-0.1, -0.05) is 26.0 Å². The van der Waals surface area contributed by atoms with E-state index in [4.69, 9.17) is 0 Å². The van der Waals surface area contributed by atoms with Crippen LogP contribution in [0.5, 0.6) is 5.75 Å². The number of carboxylic acid groups (broad SMARTS) is 1. The van der Waals surface area contributed by atoms with Crippen LogP contribution in [0.1, 0.15) is 45.6 Å². The highest BCUT2D eigenvalue weighted by Gasteiger charge is 2.30. The van der Waals surface area contributed by atoms with Crippen molar-refractivity contribution in [3.8, 4) is 5.75 Å². The van der Waals surface area contributed by atoms with E-state index in [0.717, 1.165) is 13.0 Å². The van der Waals surface area contributed by atoms with Crippen LogP contribution in [0.15, 0.2) is 24.3 Å². The molecule has 4 unspecified atom stereocenters. The summed E-state index contributed by atoms with van der Waals surface area (Å²) in [5, 5.41) is 29.8. The maximum absolute atomic E-state index is 13.0. The van der Waals surface area contributed by atoms with Crippen molar-refractivity contribution < 1.29 is 29.4 Å². The Hall–Kier alpha value is -3.14. The van der Waals surface area contributed by atoms with Gasteiger partial charge in [0.05, 0.1) is 6.04 Å². The zero-order valence-corrected chi connectivity index (χ0v) is 19.3. The molecule has 182 valence electrons. The summed E-state index contributed by atoms with van der Waals surface area (Å²) in [4.78, 5) is 49.6. The molecule has 2 rings (SSSR count). The molecule has 0 radical (unpaired) electrons. The molecular weight excluding hydrogens is 428 g/mol. The highest BCUT2D eigenvalue weighted by atomic mass is 16.4. The van der Waals surface area contributed by atoms with Gasteiger partial charge in [-0.2, -0.15) is 0 Å². The molecule has 1 saturated heterocycles. The van der Waals surface area contributed by atoms with Gasteiger partial charge in [-0.25, -0.2) is 4.79 Å². The van der Waals surface area contributed by atoms with Crippen LogP contribution in [-0.2, 0) is 25.6 Å². The summed E-state index contributed by atoms with van der Waals surface area (Å²) in [7, 11) is 0. The lowest BCUT2D eigenvalue weighted by atomic mass is 10.0. The zero-order valence-electron chi connectivity index (χ0n) is 19.3. The molecule has 1 fully saturated rings. The van der Waals surface area contributed by atoms with Crippen LogP contribution < -0.4 is 21.3 Å². The minimum atomic E-state index is -1.16. The number of amides is 3. The van der Waals surface area contributed by atoms with Crippen LogP contribution >= 0.6 is 0 Å². The molecule has 33 heavy (non-hydrogen) atoms. The van der Waals surface area contributed by atoms with Gasteiger partial charge in [0.2, 0.25) is 17.7 Å². The van der Waals surface area contributed by atoms with Crippen LogP contribution in [0.2, 0.25) is 0 Å². The monoisotopic (exact) mass is 462 g/mol. The minimum absolute atomic E-state index is 0.0379. The Labute approximate surface area is 193 Å². The molecule has 3 amide bonds. The topological polar surface area (TPSA) is 157 Å². The van der Waals surface area contributed by atoms with E-state index in [1.807, 2.05) is 13.8 Å². The van der Waals surface area contributed by atoms with E-state index in [1.165, 1.54) is 19.1 Å². The van der Waals surface area contributed by atoms with Crippen molar-refractivity contribution in [2.24, 2.45) is 5.92 Å². The quantitative estimate of drug-likeness (QED) is 0.276. The lowest BCUT2D eigenvalue weighted by molar-refractivity contribution is -0.142. The normalized spacial score (nSPS) is 18.2. The van der Waals surface area contributed by atoms with Gasteiger partial charge in [0.25, 0.3) is 0 Å². The van der Waals surface area contributed by atoms with Crippen molar-refractivity contribution in [1.82, 2.24) is 21.3 Å². The van der Waals surface area contributed by atoms with Crippen molar-refractivity contribution >= 4 is 23.7 Å². The first-order valence-electron chi connectivity index (χ1n) is 11.2. The lowest BCUT2D eigenvalue weighted by Crippen LogP contribution is -2.57. The molecule has 0 aromatic heterocycles. The predicted molar refractivity (Wildman–Crippen MR) is 121 cm³/mol. The third-order valence-corrected chi connectivity index (χ3v) is 5.46. The molecule has 1 aliphatic heterocycles. The third kappa shape index (κ3) is 8.38. The molecule has 1 heterocycles. The summed E-state index contributed by atoms with van der Waals surface area (Å²) in [5.74, 6) is -2.54. The zero-order chi connectivity index (χ0) is 24.5. The van der Waals surface area contributed by atoms with Crippen molar-refractivity contribution in [2.45, 2.75) is 70.6 Å². The standard InChI is InChI=1S/C23H34N4O6/c1-13(2)11-19(23(32)33)27-22(31)18(12-15-6-8-16(28)9-7-15)26-20(29)14(3)25-21(30)17-5-4-10-24-17/h6-9,13-14,17-19,24,28H,4-5,10-12H2,1-3H3,(H,25,30)(H,26,29)(H,27,31)(H,32,33). The first kappa shape index (κ1) is 26.1. The molecule has 0 spiro atoms. The molecule has 10 heteroatoms. The number of rotatable bonds is 11. The fourth-order valence-corrected chi connectivity index (χ4v) is 3.63. The van der Waals surface area contributed by atoms with E-state index in [1.54, 1.807) is 12.1 Å². The number of hydrogen-bond donors (Lipinski definition) is 6. The van der Waals surface area contributed by atoms with Crippen molar-refractivity contribution in [1.29, 1.82) is 0 Å². The maximum atomic E-state index is 13.0. The summed E-state index contributed by atoms with van der Waals surface area (Å²) in [5.41, 5.74) is 0.663. The van der Waals surface area contributed by atoms with Gasteiger partial charge in [0.1, 0.15) is 23.9 Å². The van der Waals surface area contributed by atoms with Crippen molar-refractivity contribution in [3.05, 3.63) is 29.8 Å². The molecule has 1 aromatic carbocycles. The van der Waals surface area contributed by atoms with Gasteiger partial charge in [0.15, 0.2) is 0 Å². The van der Waals surface area contributed by atoms with E-state index in [2.05, 4.69) is 21.3 Å². The molecule has 0 bridgehead atoms. The maximum Gasteiger partial charge on any atom is 0.326 e. The number of phenolic OH excluding ortho intramolecular Hbond substituents is 1. The van der Waals surface area contributed by atoms with Crippen LogP contribution in [0.25, 0.3) is 0 Å². The second-order valence-electron chi connectivity index (χ2n) is 8.84. The van der Waals surface area contributed by atoms with E-state index in [9.17, 15) is 29.4 Å². The molecule has 10 nitrogen and oxygen atoms in total. The Bertz CT molecular complexity index is 836. The van der Waals surface area contributed by atoms with Gasteiger partial charge >= 0.3 is 5.97 Å². The van der Waals surface area contributed by atoms with E-state index >= 15 is 0 Å². The fraction of sp³-hybridized carbons (Fsp3) is 0.565. The molecule has 4 atom stereocenters. The predicted octanol–water partition coefficient (Wildman–Crippen LogP) is 0.292. The smallest absolute Gasteiger partial charge is 0.326 e. The fourth-order valence-electron chi connectivity index (χ4n) is 3.63. The molecule has 6 N–H and O–H groups in total. The number of aromatic hydroxyl groups is 1. The van der Waals surface area contributed by atoms with Crippen LogP contribution in [0.3, 0.4) is 0 Å². The lowest BCUT2D eigenvalue weighted by Gasteiger charge is -2.24. The van der Waals surface area contributed by atoms with Gasteiger partial charge in [-0.15, -0.1) is 0 Å². The Balaban J connectivity index is 2.10. The summed E-state index contributed by atoms with van der Waals surface area (Å²) < 4.78 is 0. The second kappa shape index (κ2) is 12.2. The van der Waals surface area contributed by atoms with Gasteiger partial charge in [-0.3, -0.25) is 14.4 Å². The largest absolute Gasteiger partial charge is 0.508 e. The SMILES string of the molecule is CC(C)CC(NC(=O)C(Cc1ccc(O)cc1)NC(=O)C(C)NC(=O)C1CCCN1)C(=O)O. The molecule has 0 saturated carbocycles. The third-order valence-electron chi connectivity index (χ3n) is 5.46. The second-order valence-corrected chi connectivity index (χ2v) is 8.84. The number of carbonyl (C=O) groups is 4. The van der Waals surface area contributed by atoms with E-state index < -0.39 is 35.9 Å². The Morgan fingerprint density at radius 3 is 2.18 bits per heavy atom. The molecule has 1 aliphatic rings. The Kier molecular flexibility index (Phi) is 9.65. The number of hydrogen-bond acceptors (Lipinski definition) is 6. The first-order valence-corrected chi connectivity index (χ1v) is 11.2. The van der Waals surface area contributed by atoms with Gasteiger partial charge < -0.3 is 31.5 Å². The Morgan fingerprint density at radius 1 is 1.00 bits per heavy atom. The van der Waals surface area contributed by atoms with Gasteiger partial charge in [-0.05, 0) is 56.3 Å². The first-order chi connectivity index (χ1) is 15.6. The summed E-state index contributed by atoms with van der Waals surface area (Å²) in [6.45, 7) is 5.97. The highest BCUT2D eigenvalue weighted by Crippen LogP contribution is 2.13. The molecule has 0 aliphatic carbocycles. The Morgan fingerprint density at radius 2 is 1.64 bits per heavy atom. The molecular formula is C23H34N4O6. The summed E-state index contributed by atoms with van der Waals surface area (Å²) in [6, 6.07) is 2.75. The molecule has 1 aromatic rings. The van der Waals surface area contributed by atoms with E-state index in [-0.39, 0.29) is 36.5 Å². The van der Waals surface area contributed by atoms with Gasteiger partial charge in [0, 0.05) is 6.42 Å². The van der Waals surface area contributed by atoms with Crippen LogP contribution in [0.4, 0.5) is 0 Å². The van der Waals surface area contributed by atoms with Crippen molar-refractivity contribution in [2.75, 3.05) is 6.54 Å². The number of carboxylic acids is 1. The summed E-state index contributed by atoms with van der Waals surface area (Å²) >= 11 is 0. The summed E-state index contributed by atoms with van der Waals surface area (Å²) in [6.07, 6.45) is 1.89. The van der Waals surface area contributed by atoms with Crippen LogP contribution in [-0.4, -0.2) is 64.6 Å². The van der Waals surface area contributed by atoms with E-state index in [0.29, 0.717) is 12.0 Å². The highest BCUT2D eigenvalue weighted by molar-refractivity contribution is 5.94.